The zero-order valence-electron chi connectivity index (χ0n) is 12.4. The number of halogens is 2. The van der Waals surface area contributed by atoms with E-state index in [2.05, 4.69) is 26.1 Å². The quantitative estimate of drug-likeness (QED) is 0.779. The summed E-state index contributed by atoms with van der Waals surface area (Å²) >= 11 is 0. The first-order valence-electron chi connectivity index (χ1n) is 7.02. The van der Waals surface area contributed by atoms with Gasteiger partial charge in [0.1, 0.15) is 11.6 Å². The number of hydrogen-bond acceptors (Lipinski definition) is 1. The lowest BCUT2D eigenvalue weighted by molar-refractivity contribution is 0.324. The van der Waals surface area contributed by atoms with Gasteiger partial charge in [-0.1, -0.05) is 33.8 Å². The highest BCUT2D eigenvalue weighted by Crippen LogP contribution is 2.30. The van der Waals surface area contributed by atoms with Crippen molar-refractivity contribution in [1.82, 2.24) is 5.32 Å². The van der Waals surface area contributed by atoms with Gasteiger partial charge < -0.3 is 5.32 Å². The Kier molecular flexibility index (Phi) is 5.92. The van der Waals surface area contributed by atoms with E-state index in [0.29, 0.717) is 0 Å². The second kappa shape index (κ2) is 6.99. The van der Waals surface area contributed by atoms with E-state index in [0.717, 1.165) is 25.8 Å². The Labute approximate surface area is 115 Å². The Hall–Kier alpha value is -0.960. The summed E-state index contributed by atoms with van der Waals surface area (Å²) in [6, 6.07) is 3.82. The van der Waals surface area contributed by atoms with Crippen LogP contribution in [0.25, 0.3) is 0 Å². The van der Waals surface area contributed by atoms with Crippen molar-refractivity contribution in [2.75, 3.05) is 6.54 Å². The molecular formula is C16H25F2N. The predicted octanol–water partition coefficient (Wildman–Crippen LogP) is 4.83. The van der Waals surface area contributed by atoms with Crippen LogP contribution in [-0.2, 0) is 0 Å². The summed E-state index contributed by atoms with van der Waals surface area (Å²) in [5.41, 5.74) is 0.341. The first-order chi connectivity index (χ1) is 8.85. The Morgan fingerprint density at radius 1 is 1.16 bits per heavy atom. The standard InChI is InChI=1S/C16H25F2N/c1-5-11-19-14(9-10-16(2,3)4)15-12(17)7-6-8-13(15)18/h6-8,14,19H,5,9-11H2,1-4H3. The molecule has 108 valence electrons. The molecule has 1 nitrogen and oxygen atoms in total. The van der Waals surface area contributed by atoms with Crippen LogP contribution in [0.3, 0.4) is 0 Å². The maximum Gasteiger partial charge on any atom is 0.130 e. The van der Waals surface area contributed by atoms with Gasteiger partial charge in [0.15, 0.2) is 0 Å². The van der Waals surface area contributed by atoms with Crippen molar-refractivity contribution in [1.29, 1.82) is 0 Å². The molecule has 1 aromatic carbocycles. The molecule has 0 fully saturated rings. The maximum absolute atomic E-state index is 13.9. The number of nitrogens with one attached hydrogen (secondary N) is 1. The molecule has 0 saturated carbocycles. The van der Waals surface area contributed by atoms with Crippen LogP contribution in [-0.4, -0.2) is 6.54 Å². The highest BCUT2D eigenvalue weighted by atomic mass is 19.1. The van der Waals surface area contributed by atoms with Crippen LogP contribution < -0.4 is 5.32 Å². The smallest absolute Gasteiger partial charge is 0.130 e. The van der Waals surface area contributed by atoms with Gasteiger partial charge in [0.2, 0.25) is 0 Å². The average molecular weight is 269 g/mol. The molecule has 0 saturated heterocycles. The van der Waals surface area contributed by atoms with Crippen LogP contribution in [0.2, 0.25) is 0 Å². The second-order valence-electron chi connectivity index (χ2n) is 6.24. The van der Waals surface area contributed by atoms with E-state index in [1.54, 1.807) is 0 Å². The fraction of sp³-hybridized carbons (Fsp3) is 0.625. The van der Waals surface area contributed by atoms with E-state index in [9.17, 15) is 8.78 Å². The van der Waals surface area contributed by atoms with Gasteiger partial charge in [-0.2, -0.15) is 0 Å². The minimum absolute atomic E-state index is 0.161. The van der Waals surface area contributed by atoms with Gasteiger partial charge in [-0.05, 0) is 43.4 Å². The van der Waals surface area contributed by atoms with Gasteiger partial charge in [-0.3, -0.25) is 0 Å². The predicted molar refractivity (Wildman–Crippen MR) is 76.1 cm³/mol. The Morgan fingerprint density at radius 3 is 2.21 bits per heavy atom. The molecule has 0 aliphatic heterocycles. The molecule has 19 heavy (non-hydrogen) atoms. The molecule has 1 aromatic rings. The highest BCUT2D eigenvalue weighted by molar-refractivity contribution is 5.23. The molecule has 1 rings (SSSR count). The van der Waals surface area contributed by atoms with Crippen LogP contribution >= 0.6 is 0 Å². The zero-order chi connectivity index (χ0) is 14.5. The third kappa shape index (κ3) is 5.27. The van der Waals surface area contributed by atoms with Gasteiger partial charge >= 0.3 is 0 Å². The number of hydrogen-bond donors (Lipinski definition) is 1. The van der Waals surface area contributed by atoms with Crippen LogP contribution in [0, 0.1) is 17.0 Å². The van der Waals surface area contributed by atoms with E-state index >= 15 is 0 Å². The normalized spacial score (nSPS) is 13.6. The van der Waals surface area contributed by atoms with Crippen LogP contribution in [0.1, 0.15) is 58.6 Å². The van der Waals surface area contributed by atoms with Crippen LogP contribution in [0.4, 0.5) is 8.78 Å². The van der Waals surface area contributed by atoms with Gasteiger partial charge in [-0.15, -0.1) is 0 Å². The first kappa shape index (κ1) is 16.1. The fourth-order valence-corrected chi connectivity index (χ4v) is 2.09. The summed E-state index contributed by atoms with van der Waals surface area (Å²) < 4.78 is 27.7. The number of rotatable bonds is 6. The van der Waals surface area contributed by atoms with Crippen molar-refractivity contribution in [3.05, 3.63) is 35.4 Å². The first-order valence-corrected chi connectivity index (χ1v) is 7.02. The average Bonchev–Trinajstić information content (AvgIpc) is 2.30. The third-order valence-corrected chi connectivity index (χ3v) is 3.17. The van der Waals surface area contributed by atoms with E-state index in [-0.39, 0.29) is 17.0 Å². The third-order valence-electron chi connectivity index (χ3n) is 3.17. The van der Waals surface area contributed by atoms with Gasteiger partial charge in [0.05, 0.1) is 0 Å². The van der Waals surface area contributed by atoms with E-state index < -0.39 is 11.6 Å². The molecule has 0 aliphatic carbocycles. The van der Waals surface area contributed by atoms with E-state index in [1.165, 1.54) is 18.2 Å². The molecule has 3 heteroatoms. The van der Waals surface area contributed by atoms with Crippen LogP contribution in [0.15, 0.2) is 18.2 Å². The monoisotopic (exact) mass is 269 g/mol. The SMILES string of the molecule is CCCNC(CCC(C)(C)C)c1c(F)cccc1F. The molecule has 0 bridgehead atoms. The van der Waals surface area contributed by atoms with Crippen molar-refractivity contribution < 1.29 is 8.78 Å². The van der Waals surface area contributed by atoms with Crippen LogP contribution in [0.5, 0.6) is 0 Å². The summed E-state index contributed by atoms with van der Waals surface area (Å²) in [5, 5.41) is 3.26. The molecule has 0 spiro atoms. The lowest BCUT2D eigenvalue weighted by atomic mass is 9.87. The van der Waals surface area contributed by atoms with Gasteiger partial charge in [0.25, 0.3) is 0 Å². The summed E-state index contributed by atoms with van der Waals surface area (Å²) in [6.45, 7) is 9.23. The summed E-state index contributed by atoms with van der Waals surface area (Å²) in [7, 11) is 0. The van der Waals surface area contributed by atoms with Crippen molar-refractivity contribution in [2.45, 2.75) is 53.0 Å². The molecule has 1 unspecified atom stereocenters. The fourth-order valence-electron chi connectivity index (χ4n) is 2.09. The summed E-state index contributed by atoms with van der Waals surface area (Å²) in [4.78, 5) is 0. The molecular weight excluding hydrogens is 244 g/mol. The zero-order valence-corrected chi connectivity index (χ0v) is 12.4. The highest BCUT2D eigenvalue weighted by Gasteiger charge is 2.21. The molecule has 0 heterocycles. The van der Waals surface area contributed by atoms with Crippen molar-refractivity contribution >= 4 is 0 Å². The van der Waals surface area contributed by atoms with Gasteiger partial charge in [0, 0.05) is 11.6 Å². The Bertz CT molecular complexity index is 376. The second-order valence-corrected chi connectivity index (χ2v) is 6.24. The molecule has 0 amide bonds. The molecule has 0 aliphatic rings. The molecule has 0 aromatic heterocycles. The van der Waals surface area contributed by atoms with E-state index in [4.69, 9.17) is 0 Å². The van der Waals surface area contributed by atoms with Crippen molar-refractivity contribution in [2.24, 2.45) is 5.41 Å². The topological polar surface area (TPSA) is 12.0 Å². The van der Waals surface area contributed by atoms with Crippen molar-refractivity contribution in [3.63, 3.8) is 0 Å². The molecule has 1 N–H and O–H groups in total. The largest absolute Gasteiger partial charge is 0.310 e. The lowest BCUT2D eigenvalue weighted by Crippen LogP contribution is -2.25. The summed E-state index contributed by atoms with van der Waals surface area (Å²) in [6.07, 6.45) is 2.60. The van der Waals surface area contributed by atoms with Crippen molar-refractivity contribution in [3.8, 4) is 0 Å². The Morgan fingerprint density at radius 2 is 1.74 bits per heavy atom. The van der Waals surface area contributed by atoms with E-state index in [1.807, 2.05) is 6.92 Å². The maximum atomic E-state index is 13.9. The molecule has 0 radical (unpaired) electrons. The molecule has 1 atom stereocenters. The lowest BCUT2D eigenvalue weighted by Gasteiger charge is -2.25. The summed E-state index contributed by atoms with van der Waals surface area (Å²) in [5.74, 6) is -0.912. The Balaban J connectivity index is 2.89. The number of benzene rings is 1. The van der Waals surface area contributed by atoms with Gasteiger partial charge in [-0.25, -0.2) is 8.78 Å². The minimum Gasteiger partial charge on any atom is -0.310 e. The minimum atomic E-state index is -0.456.